The van der Waals surface area contributed by atoms with E-state index in [2.05, 4.69) is 0 Å². The lowest BCUT2D eigenvalue weighted by atomic mass is 9.78. The smallest absolute Gasteiger partial charge is 0.247 e. The number of likely N-dealkylation sites (tertiary alicyclic amines) is 1. The Morgan fingerprint density at radius 2 is 1.76 bits per heavy atom. The summed E-state index contributed by atoms with van der Waals surface area (Å²) in [6.45, 7) is 13.1. The summed E-state index contributed by atoms with van der Waals surface area (Å²) in [5, 5.41) is 10.3. The lowest BCUT2D eigenvalue weighted by molar-refractivity contribution is -0.149. The SMILES string of the molecule is CCOc1ccc(N2CC=C[C@@H]3S[C@]45C=CCN(C(C)(C)C)C(=O)C4N([C@@H](CO)[C@@H](C)CC)C(=O)[C@@H]5[C@@H]3C2=O)cc1. The number of thioether (sulfide) groups is 1. The quantitative estimate of drug-likeness (QED) is 0.492. The van der Waals surface area contributed by atoms with E-state index in [1.54, 1.807) is 21.6 Å². The molecule has 9 heteroatoms. The average Bonchev–Trinajstić information content (AvgIpc) is 3.24. The molecule has 41 heavy (non-hydrogen) atoms. The van der Waals surface area contributed by atoms with E-state index in [1.165, 1.54) is 0 Å². The normalized spacial score (nSPS) is 31.0. The van der Waals surface area contributed by atoms with Crippen LogP contribution in [-0.4, -0.2) is 86.6 Å². The fourth-order valence-electron chi connectivity index (χ4n) is 6.97. The molecule has 7 atom stereocenters. The highest BCUT2D eigenvalue weighted by molar-refractivity contribution is 8.02. The third-order valence-electron chi connectivity index (χ3n) is 9.21. The van der Waals surface area contributed by atoms with E-state index < -0.39 is 34.2 Å². The molecule has 4 heterocycles. The summed E-state index contributed by atoms with van der Waals surface area (Å²) in [7, 11) is 0. The zero-order valence-electron chi connectivity index (χ0n) is 24.9. The van der Waals surface area contributed by atoms with Gasteiger partial charge in [-0.05, 0) is 57.9 Å². The monoisotopic (exact) mass is 581 g/mol. The van der Waals surface area contributed by atoms with Crippen molar-refractivity contribution in [2.24, 2.45) is 17.8 Å². The minimum atomic E-state index is -0.911. The zero-order chi connectivity index (χ0) is 29.7. The summed E-state index contributed by atoms with van der Waals surface area (Å²) in [5.41, 5.74) is 0.284. The number of hydrogen-bond donors (Lipinski definition) is 1. The van der Waals surface area contributed by atoms with Crippen molar-refractivity contribution in [2.45, 2.75) is 75.6 Å². The lowest BCUT2D eigenvalue weighted by Gasteiger charge is -2.43. The number of rotatable bonds is 7. The van der Waals surface area contributed by atoms with E-state index >= 15 is 0 Å². The Morgan fingerprint density at radius 1 is 1.05 bits per heavy atom. The van der Waals surface area contributed by atoms with Gasteiger partial charge in [0, 0.05) is 29.6 Å². The number of benzene rings is 1. The van der Waals surface area contributed by atoms with Gasteiger partial charge in [0.25, 0.3) is 0 Å². The first-order valence-corrected chi connectivity index (χ1v) is 15.7. The van der Waals surface area contributed by atoms with Crippen LogP contribution in [-0.2, 0) is 14.4 Å². The molecule has 222 valence electrons. The van der Waals surface area contributed by atoms with Crippen molar-refractivity contribution < 1.29 is 24.2 Å². The van der Waals surface area contributed by atoms with E-state index in [4.69, 9.17) is 4.74 Å². The van der Waals surface area contributed by atoms with Gasteiger partial charge in [0.2, 0.25) is 17.7 Å². The molecule has 8 nitrogen and oxygen atoms in total. The van der Waals surface area contributed by atoms with Crippen LogP contribution in [0.5, 0.6) is 5.75 Å². The maximum absolute atomic E-state index is 14.6. The Labute approximate surface area is 247 Å². The standard InChI is InChI=1S/C32H43N3O5S/c1-7-20(3)23(19-36)35-27-30(39)34(31(4,5)6)18-10-16-32(27)26(29(35)38)25-24(41-32)11-9-17-33(28(25)37)21-12-14-22(15-13-21)40-8-2/h9-16,20,23-27,36H,7-8,17-19H2,1-6H3/t20-,23-,24-,25+,26-,27?,32-/m0/s1. The molecule has 1 unspecified atom stereocenters. The molecule has 0 bridgehead atoms. The summed E-state index contributed by atoms with van der Waals surface area (Å²) < 4.78 is 4.68. The van der Waals surface area contributed by atoms with E-state index in [-0.39, 0.29) is 35.5 Å². The summed E-state index contributed by atoms with van der Waals surface area (Å²) in [4.78, 5) is 48.8. The first kappa shape index (κ1) is 29.7. The van der Waals surface area contributed by atoms with Gasteiger partial charge in [0.15, 0.2) is 0 Å². The van der Waals surface area contributed by atoms with Gasteiger partial charge in [-0.2, -0.15) is 0 Å². The molecule has 4 aliphatic heterocycles. The van der Waals surface area contributed by atoms with Gasteiger partial charge in [-0.15, -0.1) is 11.8 Å². The van der Waals surface area contributed by atoms with E-state index in [1.807, 2.05) is 95.0 Å². The van der Waals surface area contributed by atoms with Crippen LogP contribution < -0.4 is 9.64 Å². The molecule has 0 radical (unpaired) electrons. The van der Waals surface area contributed by atoms with Crippen molar-refractivity contribution in [3.63, 3.8) is 0 Å². The Balaban J connectivity index is 1.61. The van der Waals surface area contributed by atoms with Crippen LogP contribution >= 0.6 is 11.8 Å². The van der Waals surface area contributed by atoms with Crippen molar-refractivity contribution in [3.8, 4) is 5.75 Å². The second kappa shape index (κ2) is 11.1. The maximum atomic E-state index is 14.6. The minimum Gasteiger partial charge on any atom is -0.494 e. The predicted molar refractivity (Wildman–Crippen MR) is 162 cm³/mol. The number of amides is 3. The van der Waals surface area contributed by atoms with Gasteiger partial charge < -0.3 is 24.5 Å². The predicted octanol–water partition coefficient (Wildman–Crippen LogP) is 3.89. The van der Waals surface area contributed by atoms with Crippen LogP contribution in [0.25, 0.3) is 0 Å². The molecule has 0 aliphatic carbocycles. The molecule has 2 saturated heterocycles. The molecule has 1 spiro atoms. The van der Waals surface area contributed by atoms with Crippen molar-refractivity contribution in [2.75, 3.05) is 31.2 Å². The van der Waals surface area contributed by atoms with E-state index in [0.29, 0.717) is 19.7 Å². The second-order valence-electron chi connectivity index (χ2n) is 12.5. The summed E-state index contributed by atoms with van der Waals surface area (Å²) in [5.74, 6) is -1.09. The molecular weight excluding hydrogens is 538 g/mol. The number of ether oxygens (including phenoxy) is 1. The fourth-order valence-corrected chi connectivity index (χ4v) is 8.97. The van der Waals surface area contributed by atoms with Gasteiger partial charge in [0.1, 0.15) is 11.8 Å². The molecule has 4 aliphatic rings. The highest BCUT2D eigenvalue weighted by Gasteiger charge is 2.72. The minimum absolute atomic E-state index is 0.0196. The number of nitrogens with zero attached hydrogens (tertiary/aromatic N) is 3. The Hall–Kier alpha value is -2.78. The number of aliphatic hydroxyl groups is 1. The maximum Gasteiger partial charge on any atom is 0.247 e. The molecule has 1 aromatic rings. The summed E-state index contributed by atoms with van der Waals surface area (Å²) >= 11 is 1.57. The molecule has 2 fully saturated rings. The topological polar surface area (TPSA) is 90.4 Å². The van der Waals surface area contributed by atoms with Gasteiger partial charge in [-0.25, -0.2) is 0 Å². The van der Waals surface area contributed by atoms with Crippen LogP contribution in [0.3, 0.4) is 0 Å². The van der Waals surface area contributed by atoms with Crippen molar-refractivity contribution in [3.05, 3.63) is 48.6 Å². The fraction of sp³-hybridized carbons (Fsp3) is 0.594. The third kappa shape index (κ3) is 4.79. The van der Waals surface area contributed by atoms with Crippen molar-refractivity contribution in [1.82, 2.24) is 9.80 Å². The molecule has 1 N–H and O–H groups in total. The zero-order valence-corrected chi connectivity index (χ0v) is 25.8. The molecular formula is C32H43N3O5S. The van der Waals surface area contributed by atoms with Crippen LogP contribution in [0.2, 0.25) is 0 Å². The van der Waals surface area contributed by atoms with Crippen molar-refractivity contribution in [1.29, 1.82) is 0 Å². The third-order valence-corrected chi connectivity index (χ3v) is 11.0. The first-order valence-electron chi connectivity index (χ1n) is 14.8. The number of anilines is 1. The van der Waals surface area contributed by atoms with Crippen molar-refractivity contribution >= 4 is 35.2 Å². The molecule has 5 rings (SSSR count). The molecule has 0 saturated carbocycles. The van der Waals surface area contributed by atoms with Gasteiger partial charge in [0.05, 0.1) is 35.8 Å². The van der Waals surface area contributed by atoms with Crippen LogP contribution in [0.1, 0.15) is 48.0 Å². The summed E-state index contributed by atoms with van der Waals surface area (Å²) in [6, 6.07) is 6.14. The molecule has 3 amide bonds. The number of aliphatic hydroxyl groups excluding tert-OH is 1. The Kier molecular flexibility index (Phi) is 8.07. The number of fused-ring (bicyclic) bond motifs is 2. The van der Waals surface area contributed by atoms with Gasteiger partial charge in [-0.3, -0.25) is 14.4 Å². The van der Waals surface area contributed by atoms with E-state index in [9.17, 15) is 19.5 Å². The highest BCUT2D eigenvalue weighted by Crippen LogP contribution is 2.62. The van der Waals surface area contributed by atoms with Gasteiger partial charge in [-0.1, -0.05) is 44.6 Å². The Morgan fingerprint density at radius 3 is 2.37 bits per heavy atom. The average molecular weight is 582 g/mol. The van der Waals surface area contributed by atoms with Crippen LogP contribution in [0, 0.1) is 17.8 Å². The number of hydrogen-bond acceptors (Lipinski definition) is 6. The largest absolute Gasteiger partial charge is 0.494 e. The highest BCUT2D eigenvalue weighted by atomic mass is 32.2. The van der Waals surface area contributed by atoms with Crippen LogP contribution in [0.15, 0.2) is 48.6 Å². The summed E-state index contributed by atoms with van der Waals surface area (Å²) in [6.07, 6.45) is 8.84. The second-order valence-corrected chi connectivity index (χ2v) is 14.0. The molecule has 1 aromatic carbocycles. The Bertz CT molecular complexity index is 1240. The lowest BCUT2D eigenvalue weighted by Crippen LogP contribution is -2.60. The van der Waals surface area contributed by atoms with Gasteiger partial charge >= 0.3 is 0 Å². The number of carbonyl (C=O) groups is 3. The molecule has 0 aromatic heterocycles. The first-order chi connectivity index (χ1) is 19.5. The van der Waals surface area contributed by atoms with Crippen LogP contribution in [0.4, 0.5) is 5.69 Å². The number of carbonyl (C=O) groups excluding carboxylic acids is 3. The van der Waals surface area contributed by atoms with E-state index in [0.717, 1.165) is 17.9 Å².